The predicted molar refractivity (Wildman–Crippen MR) is 141 cm³/mol. The maximum Gasteiger partial charge on any atom is 0.219 e. The number of nitrogens with zero attached hydrogens (tertiary/aromatic N) is 3. The largest absolute Gasteiger partial charge is 0.506 e. The van der Waals surface area contributed by atoms with Crippen LogP contribution in [0.2, 0.25) is 0 Å². The molecule has 0 unspecified atom stereocenters. The Hall–Kier alpha value is -4.38. The van der Waals surface area contributed by atoms with Gasteiger partial charge in [0.15, 0.2) is 0 Å². The standard InChI is InChI=1S/C30H25N3O2/c1-18(2)20-14-15-31-28(16-20)33-25-7-5-4-6-23(25)24-10-9-21(17-26(24)33)35-29-13-11-22-19(3)8-12-27(34)30(22)32-29/h4-18,34H,1-3H3. The van der Waals surface area contributed by atoms with Gasteiger partial charge in [0, 0.05) is 34.5 Å². The van der Waals surface area contributed by atoms with Crippen LogP contribution < -0.4 is 4.74 Å². The Kier molecular flexibility index (Phi) is 4.92. The van der Waals surface area contributed by atoms with Crippen molar-refractivity contribution in [2.45, 2.75) is 26.7 Å². The number of phenolic OH excluding ortho intramolecular Hbond substituents is 1. The van der Waals surface area contributed by atoms with Gasteiger partial charge in [0.1, 0.15) is 22.8 Å². The van der Waals surface area contributed by atoms with Crippen molar-refractivity contribution in [3.63, 3.8) is 0 Å². The number of phenols is 1. The summed E-state index contributed by atoms with van der Waals surface area (Å²) in [4.78, 5) is 9.29. The first kappa shape index (κ1) is 21.2. The van der Waals surface area contributed by atoms with Crippen LogP contribution in [0.1, 0.15) is 30.9 Å². The van der Waals surface area contributed by atoms with Crippen LogP contribution >= 0.6 is 0 Å². The van der Waals surface area contributed by atoms with Gasteiger partial charge in [-0.3, -0.25) is 4.57 Å². The van der Waals surface area contributed by atoms with Gasteiger partial charge in [-0.05, 0) is 66.4 Å². The molecule has 5 heteroatoms. The number of aromatic hydroxyl groups is 1. The minimum Gasteiger partial charge on any atom is -0.506 e. The summed E-state index contributed by atoms with van der Waals surface area (Å²) < 4.78 is 8.37. The van der Waals surface area contributed by atoms with Crippen LogP contribution in [-0.2, 0) is 0 Å². The Labute approximate surface area is 203 Å². The lowest BCUT2D eigenvalue weighted by Crippen LogP contribution is -1.99. The molecule has 0 aliphatic rings. The number of aryl methyl sites for hydroxylation is 1. The molecule has 6 rings (SSSR count). The van der Waals surface area contributed by atoms with Gasteiger partial charge in [-0.1, -0.05) is 38.1 Å². The molecule has 5 nitrogen and oxygen atoms in total. The number of aromatic nitrogens is 3. The normalized spacial score (nSPS) is 11.7. The molecule has 0 fully saturated rings. The first-order valence-electron chi connectivity index (χ1n) is 11.8. The Morgan fingerprint density at radius 3 is 2.49 bits per heavy atom. The van der Waals surface area contributed by atoms with E-state index >= 15 is 0 Å². The van der Waals surface area contributed by atoms with Gasteiger partial charge < -0.3 is 9.84 Å². The molecule has 0 radical (unpaired) electrons. The second kappa shape index (κ2) is 8.13. The van der Waals surface area contributed by atoms with Gasteiger partial charge in [0.25, 0.3) is 0 Å². The molecule has 0 saturated carbocycles. The highest BCUT2D eigenvalue weighted by molar-refractivity contribution is 6.09. The van der Waals surface area contributed by atoms with E-state index in [4.69, 9.17) is 9.72 Å². The van der Waals surface area contributed by atoms with Crippen LogP contribution in [0, 0.1) is 6.92 Å². The van der Waals surface area contributed by atoms with Crippen molar-refractivity contribution in [3.05, 3.63) is 96.2 Å². The summed E-state index contributed by atoms with van der Waals surface area (Å²) in [5.74, 6) is 2.52. The average Bonchev–Trinajstić information content (AvgIpc) is 3.20. The van der Waals surface area contributed by atoms with Crippen molar-refractivity contribution in [3.8, 4) is 23.2 Å². The quantitative estimate of drug-likeness (QED) is 0.294. The van der Waals surface area contributed by atoms with E-state index in [0.29, 0.717) is 23.1 Å². The second-order valence-electron chi connectivity index (χ2n) is 9.18. The van der Waals surface area contributed by atoms with Crippen LogP contribution in [0.4, 0.5) is 0 Å². The molecule has 0 bridgehead atoms. The summed E-state index contributed by atoms with van der Waals surface area (Å²) in [6.45, 7) is 6.37. The highest BCUT2D eigenvalue weighted by atomic mass is 16.5. The molecule has 3 heterocycles. The van der Waals surface area contributed by atoms with E-state index < -0.39 is 0 Å². The molecular weight excluding hydrogens is 434 g/mol. The third-order valence-electron chi connectivity index (χ3n) is 6.56. The van der Waals surface area contributed by atoms with Crippen molar-refractivity contribution in [2.24, 2.45) is 0 Å². The molecule has 0 saturated heterocycles. The third kappa shape index (κ3) is 3.56. The topological polar surface area (TPSA) is 60.2 Å². The van der Waals surface area contributed by atoms with Crippen LogP contribution in [0.15, 0.2) is 85.1 Å². The Morgan fingerprint density at radius 1 is 0.829 bits per heavy atom. The highest BCUT2D eigenvalue weighted by Crippen LogP contribution is 2.36. The van der Waals surface area contributed by atoms with Crippen molar-refractivity contribution in [1.29, 1.82) is 0 Å². The molecule has 0 atom stereocenters. The first-order chi connectivity index (χ1) is 17.0. The number of rotatable bonds is 4. The molecule has 35 heavy (non-hydrogen) atoms. The number of pyridine rings is 2. The minimum absolute atomic E-state index is 0.141. The zero-order chi connectivity index (χ0) is 24.1. The van der Waals surface area contributed by atoms with Crippen LogP contribution in [-0.4, -0.2) is 19.6 Å². The predicted octanol–water partition coefficient (Wildman–Crippen LogP) is 7.66. The zero-order valence-electron chi connectivity index (χ0n) is 19.9. The van der Waals surface area contributed by atoms with Crippen LogP contribution in [0.5, 0.6) is 17.4 Å². The number of hydrogen-bond acceptors (Lipinski definition) is 4. The molecule has 1 N–H and O–H groups in total. The summed E-state index contributed by atoms with van der Waals surface area (Å²) in [6.07, 6.45) is 1.87. The van der Waals surface area contributed by atoms with Gasteiger partial charge in [-0.25, -0.2) is 9.97 Å². The number of para-hydroxylation sites is 1. The summed E-state index contributed by atoms with van der Waals surface area (Å²) >= 11 is 0. The van der Waals surface area contributed by atoms with Gasteiger partial charge in [-0.2, -0.15) is 0 Å². The molecular formula is C30H25N3O2. The molecule has 0 amide bonds. The SMILES string of the molecule is Cc1ccc(O)c2nc(Oc3ccc4c5ccccc5n(-c5cc(C(C)C)ccn5)c4c3)ccc12. The monoisotopic (exact) mass is 459 g/mol. The van der Waals surface area contributed by atoms with Crippen molar-refractivity contribution >= 4 is 32.7 Å². The molecule has 6 aromatic rings. The molecule has 172 valence electrons. The van der Waals surface area contributed by atoms with Gasteiger partial charge in [0.05, 0.1) is 11.0 Å². The van der Waals surface area contributed by atoms with Crippen molar-refractivity contribution in [2.75, 3.05) is 0 Å². The fourth-order valence-electron chi connectivity index (χ4n) is 4.68. The minimum atomic E-state index is 0.141. The van der Waals surface area contributed by atoms with E-state index in [1.807, 2.05) is 43.5 Å². The molecule has 3 aromatic heterocycles. The highest BCUT2D eigenvalue weighted by Gasteiger charge is 2.15. The van der Waals surface area contributed by atoms with E-state index in [1.54, 1.807) is 6.07 Å². The Balaban J connectivity index is 1.51. The lowest BCUT2D eigenvalue weighted by molar-refractivity contribution is 0.460. The van der Waals surface area contributed by atoms with E-state index in [9.17, 15) is 5.11 Å². The van der Waals surface area contributed by atoms with Crippen LogP contribution in [0.3, 0.4) is 0 Å². The lowest BCUT2D eigenvalue weighted by Gasteiger charge is -2.11. The second-order valence-corrected chi connectivity index (χ2v) is 9.18. The summed E-state index contributed by atoms with van der Waals surface area (Å²) in [5.41, 5.74) is 4.93. The van der Waals surface area contributed by atoms with E-state index in [0.717, 1.165) is 38.6 Å². The van der Waals surface area contributed by atoms with Gasteiger partial charge >= 0.3 is 0 Å². The maximum atomic E-state index is 10.3. The summed E-state index contributed by atoms with van der Waals surface area (Å²) in [7, 11) is 0. The van der Waals surface area contributed by atoms with Crippen molar-refractivity contribution in [1.82, 2.24) is 14.5 Å². The summed E-state index contributed by atoms with van der Waals surface area (Å²) in [5, 5.41) is 13.5. The fourth-order valence-corrected chi connectivity index (χ4v) is 4.68. The van der Waals surface area contributed by atoms with E-state index in [-0.39, 0.29) is 5.75 Å². The third-order valence-corrected chi connectivity index (χ3v) is 6.56. The molecule has 0 aliphatic carbocycles. The number of hydrogen-bond donors (Lipinski definition) is 1. The molecule has 0 spiro atoms. The maximum absolute atomic E-state index is 10.3. The van der Waals surface area contributed by atoms with Crippen LogP contribution in [0.25, 0.3) is 38.5 Å². The first-order valence-corrected chi connectivity index (χ1v) is 11.8. The summed E-state index contributed by atoms with van der Waals surface area (Å²) in [6, 6.07) is 26.0. The molecule has 3 aromatic carbocycles. The van der Waals surface area contributed by atoms with Gasteiger partial charge in [0.2, 0.25) is 5.88 Å². The lowest BCUT2D eigenvalue weighted by atomic mass is 10.1. The molecule has 0 aliphatic heterocycles. The van der Waals surface area contributed by atoms with Crippen molar-refractivity contribution < 1.29 is 9.84 Å². The Morgan fingerprint density at radius 2 is 1.63 bits per heavy atom. The number of ether oxygens (including phenoxy) is 1. The van der Waals surface area contributed by atoms with E-state index in [1.165, 1.54) is 5.56 Å². The zero-order valence-corrected chi connectivity index (χ0v) is 19.9. The Bertz CT molecular complexity index is 1730. The average molecular weight is 460 g/mol. The van der Waals surface area contributed by atoms with E-state index in [2.05, 4.69) is 65.9 Å². The fraction of sp³-hybridized carbons (Fsp3) is 0.133. The smallest absolute Gasteiger partial charge is 0.219 e. The van der Waals surface area contributed by atoms with Gasteiger partial charge in [-0.15, -0.1) is 0 Å². The number of fused-ring (bicyclic) bond motifs is 4. The number of benzene rings is 3.